The summed E-state index contributed by atoms with van der Waals surface area (Å²) in [5.74, 6) is -1.16. The van der Waals surface area contributed by atoms with Gasteiger partial charge in [-0.3, -0.25) is 19.3 Å². The molecule has 0 radical (unpaired) electrons. The van der Waals surface area contributed by atoms with E-state index in [9.17, 15) is 19.2 Å². The molecule has 1 saturated heterocycles. The highest BCUT2D eigenvalue weighted by atomic mass is 16.5. The zero-order valence-corrected chi connectivity index (χ0v) is 15.9. The van der Waals surface area contributed by atoms with Gasteiger partial charge < -0.3 is 15.4 Å². The van der Waals surface area contributed by atoms with Crippen LogP contribution in [-0.2, 0) is 19.1 Å². The lowest BCUT2D eigenvalue weighted by atomic mass is 9.98. The molecular formula is C20H25N3O5. The summed E-state index contributed by atoms with van der Waals surface area (Å²) in [6.45, 7) is 1.66. The molecule has 0 aromatic heterocycles. The van der Waals surface area contributed by atoms with Crippen molar-refractivity contribution >= 4 is 29.5 Å². The molecule has 1 aromatic carbocycles. The summed E-state index contributed by atoms with van der Waals surface area (Å²) in [4.78, 5) is 49.9. The summed E-state index contributed by atoms with van der Waals surface area (Å²) in [5.41, 5.74) is -0.114. The predicted octanol–water partition coefficient (Wildman–Crippen LogP) is 2.20. The van der Waals surface area contributed by atoms with Crippen molar-refractivity contribution < 1.29 is 23.9 Å². The minimum atomic E-state index is -0.939. The van der Waals surface area contributed by atoms with Crippen molar-refractivity contribution in [2.75, 3.05) is 11.9 Å². The molecule has 2 fully saturated rings. The minimum Gasteiger partial charge on any atom is -0.453 e. The fraction of sp³-hybridized carbons (Fsp3) is 0.500. The molecule has 4 amide bonds. The van der Waals surface area contributed by atoms with Crippen molar-refractivity contribution in [3.05, 3.63) is 30.3 Å². The van der Waals surface area contributed by atoms with Crippen LogP contribution in [0.5, 0.6) is 0 Å². The van der Waals surface area contributed by atoms with E-state index in [2.05, 4.69) is 10.6 Å². The normalized spacial score (nSPS) is 18.8. The van der Waals surface area contributed by atoms with Gasteiger partial charge in [-0.05, 0) is 38.3 Å². The Labute approximate surface area is 163 Å². The molecule has 2 aliphatic rings. The molecule has 1 heterocycles. The molecule has 0 unspecified atom stereocenters. The Bertz CT molecular complexity index is 758. The third-order valence-electron chi connectivity index (χ3n) is 5.18. The summed E-state index contributed by atoms with van der Waals surface area (Å²) in [6, 6.07) is 8.49. The second-order valence-electron chi connectivity index (χ2n) is 7.27. The Hall–Kier alpha value is -2.90. The molecule has 8 nitrogen and oxygen atoms in total. The number of carbonyl (C=O) groups is 4. The van der Waals surface area contributed by atoms with Crippen LogP contribution in [0, 0.1) is 0 Å². The first-order chi connectivity index (χ1) is 13.4. The molecule has 150 valence electrons. The number of nitrogens with one attached hydrogen (secondary N) is 2. The fourth-order valence-electron chi connectivity index (χ4n) is 3.65. The first-order valence-electron chi connectivity index (χ1n) is 9.61. The van der Waals surface area contributed by atoms with E-state index < -0.39 is 29.6 Å². The number of esters is 1. The van der Waals surface area contributed by atoms with Gasteiger partial charge in [0.15, 0.2) is 6.10 Å². The molecule has 1 atom stereocenters. The number of ether oxygens (including phenoxy) is 1. The number of carbonyl (C=O) groups excluding carboxylic acids is 4. The van der Waals surface area contributed by atoms with E-state index in [1.165, 1.54) is 11.8 Å². The van der Waals surface area contributed by atoms with E-state index in [4.69, 9.17) is 4.74 Å². The van der Waals surface area contributed by atoms with E-state index >= 15 is 0 Å². The molecule has 1 aromatic rings. The lowest BCUT2D eigenvalue weighted by Gasteiger charge is -2.20. The highest BCUT2D eigenvalue weighted by molar-refractivity contribution is 6.07. The van der Waals surface area contributed by atoms with E-state index in [0.717, 1.165) is 12.8 Å². The van der Waals surface area contributed by atoms with Crippen LogP contribution in [0.15, 0.2) is 30.3 Å². The van der Waals surface area contributed by atoms with Crippen molar-refractivity contribution in [2.24, 2.45) is 0 Å². The maximum absolute atomic E-state index is 12.5. The average molecular weight is 387 g/mol. The molecule has 1 saturated carbocycles. The smallest absolute Gasteiger partial charge is 0.325 e. The second kappa shape index (κ2) is 8.41. The van der Waals surface area contributed by atoms with Crippen LogP contribution in [0.3, 0.4) is 0 Å². The summed E-state index contributed by atoms with van der Waals surface area (Å²) in [6.07, 6.45) is 2.57. The van der Waals surface area contributed by atoms with Gasteiger partial charge in [-0.2, -0.15) is 0 Å². The van der Waals surface area contributed by atoms with E-state index in [1.54, 1.807) is 24.3 Å². The number of amides is 4. The van der Waals surface area contributed by atoms with Crippen molar-refractivity contribution in [1.29, 1.82) is 0 Å². The first-order valence-corrected chi connectivity index (χ1v) is 9.61. The third-order valence-corrected chi connectivity index (χ3v) is 5.18. The maximum Gasteiger partial charge on any atom is 0.325 e. The van der Waals surface area contributed by atoms with Crippen molar-refractivity contribution in [3.8, 4) is 0 Å². The van der Waals surface area contributed by atoms with E-state index in [1.807, 2.05) is 6.07 Å². The van der Waals surface area contributed by atoms with E-state index in [0.29, 0.717) is 24.9 Å². The number of benzene rings is 1. The summed E-state index contributed by atoms with van der Waals surface area (Å²) in [7, 11) is 0. The molecule has 1 aliphatic heterocycles. The summed E-state index contributed by atoms with van der Waals surface area (Å²) < 4.78 is 5.14. The lowest BCUT2D eigenvalue weighted by molar-refractivity contribution is -0.153. The van der Waals surface area contributed by atoms with Crippen molar-refractivity contribution in [1.82, 2.24) is 10.2 Å². The number of rotatable bonds is 7. The highest BCUT2D eigenvalue weighted by Gasteiger charge is 2.52. The number of imide groups is 1. The summed E-state index contributed by atoms with van der Waals surface area (Å²) in [5, 5.41) is 5.47. The second-order valence-corrected chi connectivity index (χ2v) is 7.27. The van der Waals surface area contributed by atoms with Crippen LogP contribution in [0.1, 0.15) is 45.4 Å². The molecule has 28 heavy (non-hydrogen) atoms. The number of anilines is 1. The molecule has 0 bridgehead atoms. The van der Waals surface area contributed by atoms with Gasteiger partial charge in [0.25, 0.3) is 11.8 Å². The maximum atomic E-state index is 12.5. The van der Waals surface area contributed by atoms with Crippen LogP contribution in [0.2, 0.25) is 0 Å². The number of hydrogen-bond donors (Lipinski definition) is 2. The minimum absolute atomic E-state index is 0.0209. The summed E-state index contributed by atoms with van der Waals surface area (Å²) >= 11 is 0. The predicted molar refractivity (Wildman–Crippen MR) is 101 cm³/mol. The van der Waals surface area contributed by atoms with Crippen LogP contribution in [-0.4, -0.2) is 46.9 Å². The lowest BCUT2D eigenvalue weighted by Crippen LogP contribution is -2.44. The monoisotopic (exact) mass is 387 g/mol. The first kappa shape index (κ1) is 19.9. The number of urea groups is 1. The van der Waals surface area contributed by atoms with Gasteiger partial charge in [0.1, 0.15) is 5.54 Å². The Balaban J connectivity index is 1.41. The Morgan fingerprint density at radius 3 is 2.57 bits per heavy atom. The van der Waals surface area contributed by atoms with E-state index in [-0.39, 0.29) is 18.9 Å². The fourth-order valence-corrected chi connectivity index (χ4v) is 3.65. The average Bonchev–Trinajstić information content (AvgIpc) is 3.23. The number of para-hydroxylation sites is 1. The topological polar surface area (TPSA) is 105 Å². The highest BCUT2D eigenvalue weighted by Crippen LogP contribution is 2.35. The molecule has 1 spiro atoms. The Morgan fingerprint density at radius 1 is 1.21 bits per heavy atom. The SMILES string of the molecule is C[C@@H](OC(=O)CCCN1C(=O)NC2(CCCC2)C1=O)C(=O)Nc1ccccc1. The standard InChI is InChI=1S/C20H25N3O5/c1-14(17(25)21-15-8-3-2-4-9-15)28-16(24)10-7-13-23-18(26)20(22-19(23)27)11-5-6-12-20/h2-4,8-9,14H,5-7,10-13H2,1H3,(H,21,25)(H,22,27)/t14-/m1/s1. The molecule has 8 heteroatoms. The van der Waals surface area contributed by atoms with Crippen LogP contribution in [0.4, 0.5) is 10.5 Å². The van der Waals surface area contributed by atoms with Gasteiger partial charge in [-0.1, -0.05) is 31.0 Å². The zero-order chi connectivity index (χ0) is 20.1. The Morgan fingerprint density at radius 2 is 1.89 bits per heavy atom. The number of hydrogen-bond acceptors (Lipinski definition) is 5. The van der Waals surface area contributed by atoms with Gasteiger partial charge in [-0.25, -0.2) is 4.79 Å². The van der Waals surface area contributed by atoms with Gasteiger partial charge in [0.2, 0.25) is 0 Å². The van der Waals surface area contributed by atoms with Gasteiger partial charge in [0, 0.05) is 18.7 Å². The van der Waals surface area contributed by atoms with Gasteiger partial charge in [-0.15, -0.1) is 0 Å². The van der Waals surface area contributed by atoms with Crippen LogP contribution in [0.25, 0.3) is 0 Å². The third kappa shape index (κ3) is 4.32. The molecular weight excluding hydrogens is 362 g/mol. The van der Waals surface area contributed by atoms with Crippen molar-refractivity contribution in [2.45, 2.75) is 57.1 Å². The molecule has 1 aliphatic carbocycles. The molecule has 2 N–H and O–H groups in total. The molecule has 3 rings (SSSR count). The quantitative estimate of drug-likeness (QED) is 0.551. The van der Waals surface area contributed by atoms with Gasteiger partial charge >= 0.3 is 12.0 Å². The number of nitrogens with zero attached hydrogens (tertiary/aromatic N) is 1. The van der Waals surface area contributed by atoms with Crippen LogP contribution < -0.4 is 10.6 Å². The van der Waals surface area contributed by atoms with Crippen LogP contribution >= 0.6 is 0 Å². The zero-order valence-electron chi connectivity index (χ0n) is 15.9. The van der Waals surface area contributed by atoms with Gasteiger partial charge in [0.05, 0.1) is 0 Å². The Kier molecular flexibility index (Phi) is 5.96. The largest absolute Gasteiger partial charge is 0.453 e. The van der Waals surface area contributed by atoms with Crippen molar-refractivity contribution in [3.63, 3.8) is 0 Å².